The molecule has 1 amide bonds. The van der Waals surface area contributed by atoms with Crippen molar-refractivity contribution in [3.63, 3.8) is 0 Å². The van der Waals surface area contributed by atoms with Gasteiger partial charge in [0.25, 0.3) is 0 Å². The van der Waals surface area contributed by atoms with Gasteiger partial charge in [-0.1, -0.05) is 13.0 Å². The Morgan fingerprint density at radius 2 is 2.26 bits per heavy atom. The van der Waals surface area contributed by atoms with Crippen molar-refractivity contribution in [2.75, 3.05) is 30.3 Å². The van der Waals surface area contributed by atoms with Crippen molar-refractivity contribution in [2.45, 2.75) is 26.2 Å². The Bertz CT molecular complexity index is 414. The minimum Gasteiger partial charge on any atom is -0.385 e. The Kier molecular flexibility index (Phi) is 5.21. The molecule has 0 spiro atoms. The van der Waals surface area contributed by atoms with Crippen LogP contribution in [-0.2, 0) is 4.79 Å². The van der Waals surface area contributed by atoms with Gasteiger partial charge in [-0.3, -0.25) is 4.79 Å². The second kappa shape index (κ2) is 7.14. The van der Waals surface area contributed by atoms with Gasteiger partial charge in [0.1, 0.15) is 0 Å². The summed E-state index contributed by atoms with van der Waals surface area (Å²) in [6.45, 7) is 5.08. The third kappa shape index (κ3) is 4.56. The molecule has 0 aromatic heterocycles. The molecule has 1 aromatic rings. The number of rotatable bonds is 5. The number of benzene rings is 1. The fourth-order valence-electron chi connectivity index (χ4n) is 2.32. The SMILES string of the molecule is CCC(=O)Nc1cccc(NCC2CCCNC2)c1. The van der Waals surface area contributed by atoms with Crippen LogP contribution in [0.2, 0.25) is 0 Å². The molecule has 1 unspecified atom stereocenters. The van der Waals surface area contributed by atoms with Crippen LogP contribution in [-0.4, -0.2) is 25.5 Å². The molecule has 104 valence electrons. The Balaban J connectivity index is 1.85. The van der Waals surface area contributed by atoms with Crippen LogP contribution >= 0.6 is 0 Å². The summed E-state index contributed by atoms with van der Waals surface area (Å²) in [5, 5.41) is 9.75. The van der Waals surface area contributed by atoms with Crippen LogP contribution < -0.4 is 16.0 Å². The van der Waals surface area contributed by atoms with Gasteiger partial charge in [0, 0.05) is 24.3 Å². The van der Waals surface area contributed by atoms with Crippen molar-refractivity contribution in [2.24, 2.45) is 5.92 Å². The minimum atomic E-state index is 0.0497. The normalized spacial score (nSPS) is 18.9. The van der Waals surface area contributed by atoms with Crippen LogP contribution in [0.4, 0.5) is 11.4 Å². The summed E-state index contributed by atoms with van der Waals surface area (Å²) in [4.78, 5) is 11.4. The summed E-state index contributed by atoms with van der Waals surface area (Å²) in [7, 11) is 0. The lowest BCUT2D eigenvalue weighted by Gasteiger charge is -2.23. The van der Waals surface area contributed by atoms with Gasteiger partial charge in [0.05, 0.1) is 0 Å². The molecule has 0 saturated carbocycles. The Labute approximate surface area is 115 Å². The molecule has 1 aromatic carbocycles. The topological polar surface area (TPSA) is 53.2 Å². The number of nitrogens with one attached hydrogen (secondary N) is 3. The van der Waals surface area contributed by atoms with E-state index >= 15 is 0 Å². The van der Waals surface area contributed by atoms with E-state index in [1.807, 2.05) is 31.2 Å². The maximum absolute atomic E-state index is 11.4. The highest BCUT2D eigenvalue weighted by Crippen LogP contribution is 2.17. The summed E-state index contributed by atoms with van der Waals surface area (Å²) in [6.07, 6.45) is 3.05. The second-order valence-corrected chi connectivity index (χ2v) is 5.08. The number of carbonyl (C=O) groups is 1. The molecule has 0 aliphatic carbocycles. The second-order valence-electron chi connectivity index (χ2n) is 5.08. The minimum absolute atomic E-state index is 0.0497. The molecule has 0 radical (unpaired) electrons. The molecule has 1 atom stereocenters. The lowest BCUT2D eigenvalue weighted by Crippen LogP contribution is -2.33. The van der Waals surface area contributed by atoms with E-state index in [0.717, 1.165) is 31.0 Å². The summed E-state index contributed by atoms with van der Waals surface area (Å²) in [6, 6.07) is 7.91. The summed E-state index contributed by atoms with van der Waals surface area (Å²) >= 11 is 0. The largest absolute Gasteiger partial charge is 0.385 e. The number of hydrogen-bond acceptors (Lipinski definition) is 3. The third-order valence-corrected chi connectivity index (χ3v) is 3.46. The first-order valence-electron chi connectivity index (χ1n) is 7.12. The summed E-state index contributed by atoms with van der Waals surface area (Å²) in [5.74, 6) is 0.747. The number of hydrogen-bond donors (Lipinski definition) is 3. The van der Waals surface area contributed by atoms with Crippen LogP contribution in [0.25, 0.3) is 0 Å². The molecule has 1 heterocycles. The van der Waals surface area contributed by atoms with Gasteiger partial charge in [0.15, 0.2) is 0 Å². The van der Waals surface area contributed by atoms with Crippen molar-refractivity contribution in [3.05, 3.63) is 24.3 Å². The fourth-order valence-corrected chi connectivity index (χ4v) is 2.32. The molecule has 1 aliphatic rings. The average molecular weight is 261 g/mol. The van der Waals surface area contributed by atoms with E-state index in [9.17, 15) is 4.79 Å². The molecule has 4 nitrogen and oxygen atoms in total. The lowest BCUT2D eigenvalue weighted by atomic mass is 10.00. The highest BCUT2D eigenvalue weighted by molar-refractivity contribution is 5.90. The van der Waals surface area contributed by atoms with Crippen LogP contribution in [0.5, 0.6) is 0 Å². The molecule has 0 bridgehead atoms. The van der Waals surface area contributed by atoms with Gasteiger partial charge < -0.3 is 16.0 Å². The van der Waals surface area contributed by atoms with Gasteiger partial charge in [-0.2, -0.15) is 0 Å². The van der Waals surface area contributed by atoms with Crippen molar-refractivity contribution >= 4 is 17.3 Å². The summed E-state index contributed by atoms with van der Waals surface area (Å²) < 4.78 is 0. The van der Waals surface area contributed by atoms with Crippen LogP contribution in [0.15, 0.2) is 24.3 Å². The van der Waals surface area contributed by atoms with Gasteiger partial charge in [0.2, 0.25) is 5.91 Å². The molecule has 19 heavy (non-hydrogen) atoms. The highest BCUT2D eigenvalue weighted by Gasteiger charge is 2.12. The molecule has 3 N–H and O–H groups in total. The zero-order chi connectivity index (χ0) is 13.5. The molecule has 1 saturated heterocycles. The maximum Gasteiger partial charge on any atom is 0.224 e. The predicted molar refractivity (Wildman–Crippen MR) is 79.4 cm³/mol. The summed E-state index contributed by atoms with van der Waals surface area (Å²) in [5.41, 5.74) is 1.93. The molecule has 1 fully saturated rings. The molecule has 1 aliphatic heterocycles. The Morgan fingerprint density at radius 1 is 1.42 bits per heavy atom. The molecular formula is C15H23N3O. The molecule has 2 rings (SSSR count). The number of amides is 1. The van der Waals surface area contributed by atoms with Gasteiger partial charge in [-0.25, -0.2) is 0 Å². The van der Waals surface area contributed by atoms with E-state index in [0.29, 0.717) is 12.3 Å². The lowest BCUT2D eigenvalue weighted by molar-refractivity contribution is -0.115. The van der Waals surface area contributed by atoms with E-state index in [-0.39, 0.29) is 5.91 Å². The standard InChI is InChI=1S/C15H23N3O/c1-2-15(19)18-14-7-3-6-13(9-14)17-11-12-5-4-8-16-10-12/h3,6-7,9,12,16-17H,2,4-5,8,10-11H2,1H3,(H,18,19). The first-order chi connectivity index (χ1) is 9.28. The van der Waals surface area contributed by atoms with E-state index in [4.69, 9.17) is 0 Å². The van der Waals surface area contributed by atoms with Crippen LogP contribution in [0.1, 0.15) is 26.2 Å². The molecule has 4 heteroatoms. The van der Waals surface area contributed by atoms with E-state index in [1.165, 1.54) is 12.8 Å². The fraction of sp³-hybridized carbons (Fsp3) is 0.533. The van der Waals surface area contributed by atoms with Crippen LogP contribution in [0, 0.1) is 5.92 Å². The van der Waals surface area contributed by atoms with Crippen molar-refractivity contribution in [3.8, 4) is 0 Å². The maximum atomic E-state index is 11.4. The smallest absolute Gasteiger partial charge is 0.224 e. The number of anilines is 2. The quantitative estimate of drug-likeness (QED) is 0.763. The molecular weight excluding hydrogens is 238 g/mol. The predicted octanol–water partition coefficient (Wildman–Crippen LogP) is 2.45. The zero-order valence-electron chi connectivity index (χ0n) is 11.5. The Morgan fingerprint density at radius 3 is 3.00 bits per heavy atom. The van der Waals surface area contributed by atoms with Gasteiger partial charge in [-0.15, -0.1) is 0 Å². The van der Waals surface area contributed by atoms with Gasteiger partial charge in [-0.05, 0) is 50.0 Å². The third-order valence-electron chi connectivity index (χ3n) is 3.46. The van der Waals surface area contributed by atoms with Crippen molar-refractivity contribution in [1.29, 1.82) is 0 Å². The highest BCUT2D eigenvalue weighted by atomic mass is 16.1. The van der Waals surface area contributed by atoms with Gasteiger partial charge >= 0.3 is 0 Å². The van der Waals surface area contributed by atoms with E-state index in [2.05, 4.69) is 16.0 Å². The first kappa shape index (κ1) is 13.9. The van der Waals surface area contributed by atoms with Crippen molar-refractivity contribution < 1.29 is 4.79 Å². The average Bonchev–Trinajstić information content (AvgIpc) is 2.46. The Hall–Kier alpha value is -1.55. The van der Waals surface area contributed by atoms with E-state index < -0.39 is 0 Å². The van der Waals surface area contributed by atoms with Crippen molar-refractivity contribution in [1.82, 2.24) is 5.32 Å². The number of carbonyl (C=O) groups excluding carboxylic acids is 1. The number of piperidine rings is 1. The zero-order valence-corrected chi connectivity index (χ0v) is 11.5. The first-order valence-corrected chi connectivity index (χ1v) is 7.12. The van der Waals surface area contributed by atoms with Crippen LogP contribution in [0.3, 0.4) is 0 Å². The monoisotopic (exact) mass is 261 g/mol. The van der Waals surface area contributed by atoms with E-state index in [1.54, 1.807) is 0 Å².